The van der Waals surface area contributed by atoms with Crippen molar-refractivity contribution in [3.05, 3.63) is 29.6 Å². The van der Waals surface area contributed by atoms with Crippen LogP contribution in [0.15, 0.2) is 18.2 Å². The SMILES string of the molecule is COC(=O)C[C@H](C)NC(=O)c1ccc(N2CCCC2)c(F)c1. The molecule has 5 nitrogen and oxygen atoms in total. The second-order valence-electron chi connectivity index (χ2n) is 5.52. The van der Waals surface area contributed by atoms with Crippen molar-refractivity contribution in [2.75, 3.05) is 25.1 Å². The number of hydrogen-bond acceptors (Lipinski definition) is 4. The van der Waals surface area contributed by atoms with Gasteiger partial charge >= 0.3 is 5.97 Å². The highest BCUT2D eigenvalue weighted by atomic mass is 19.1. The number of halogens is 1. The quantitative estimate of drug-likeness (QED) is 0.846. The number of carbonyl (C=O) groups excluding carboxylic acids is 2. The van der Waals surface area contributed by atoms with Gasteiger partial charge in [-0.05, 0) is 38.0 Å². The van der Waals surface area contributed by atoms with Crippen LogP contribution in [0, 0.1) is 5.82 Å². The Morgan fingerprint density at radius 2 is 2.05 bits per heavy atom. The molecule has 6 heteroatoms. The average Bonchev–Trinajstić information content (AvgIpc) is 3.00. The van der Waals surface area contributed by atoms with Crippen LogP contribution in [0.1, 0.15) is 36.5 Å². The lowest BCUT2D eigenvalue weighted by molar-refractivity contribution is -0.141. The summed E-state index contributed by atoms with van der Waals surface area (Å²) in [6.45, 7) is 3.39. The molecule has 0 bridgehead atoms. The molecule has 1 saturated heterocycles. The molecule has 0 spiro atoms. The molecule has 2 rings (SSSR count). The van der Waals surface area contributed by atoms with Gasteiger partial charge in [0.15, 0.2) is 0 Å². The maximum absolute atomic E-state index is 14.2. The summed E-state index contributed by atoms with van der Waals surface area (Å²) in [5, 5.41) is 2.66. The molecule has 0 saturated carbocycles. The van der Waals surface area contributed by atoms with Crippen LogP contribution >= 0.6 is 0 Å². The van der Waals surface area contributed by atoms with Crippen molar-refractivity contribution in [1.82, 2.24) is 5.32 Å². The van der Waals surface area contributed by atoms with E-state index >= 15 is 0 Å². The molecule has 22 heavy (non-hydrogen) atoms. The van der Waals surface area contributed by atoms with E-state index in [-0.39, 0.29) is 18.0 Å². The van der Waals surface area contributed by atoms with E-state index in [4.69, 9.17) is 0 Å². The molecule has 0 unspecified atom stereocenters. The fourth-order valence-electron chi connectivity index (χ4n) is 2.55. The van der Waals surface area contributed by atoms with Crippen LogP contribution in [0.2, 0.25) is 0 Å². The summed E-state index contributed by atoms with van der Waals surface area (Å²) in [6, 6.07) is 4.12. The maximum Gasteiger partial charge on any atom is 0.307 e. The molecule has 1 atom stereocenters. The second-order valence-corrected chi connectivity index (χ2v) is 5.52. The largest absolute Gasteiger partial charge is 0.469 e. The van der Waals surface area contributed by atoms with Crippen LogP contribution in [0.5, 0.6) is 0 Å². The minimum absolute atomic E-state index is 0.0799. The molecule has 1 heterocycles. The Morgan fingerprint density at radius 1 is 1.36 bits per heavy atom. The zero-order chi connectivity index (χ0) is 16.1. The van der Waals surface area contributed by atoms with Gasteiger partial charge < -0.3 is 15.0 Å². The third-order valence-electron chi connectivity index (χ3n) is 3.73. The maximum atomic E-state index is 14.2. The van der Waals surface area contributed by atoms with Crippen LogP contribution in [0.4, 0.5) is 10.1 Å². The number of benzene rings is 1. The first-order valence-corrected chi connectivity index (χ1v) is 7.43. The highest BCUT2D eigenvalue weighted by Crippen LogP contribution is 2.24. The number of hydrogen-bond donors (Lipinski definition) is 1. The average molecular weight is 308 g/mol. The van der Waals surface area contributed by atoms with Gasteiger partial charge in [0.2, 0.25) is 0 Å². The molecule has 1 aromatic carbocycles. The van der Waals surface area contributed by atoms with Gasteiger partial charge in [0.25, 0.3) is 5.91 Å². The summed E-state index contributed by atoms with van der Waals surface area (Å²) < 4.78 is 18.7. The van der Waals surface area contributed by atoms with Gasteiger partial charge in [-0.25, -0.2) is 4.39 Å². The van der Waals surface area contributed by atoms with Crippen LogP contribution in [-0.2, 0) is 9.53 Å². The number of nitrogens with zero attached hydrogens (tertiary/aromatic N) is 1. The number of carbonyl (C=O) groups is 2. The van der Waals surface area contributed by atoms with Crippen molar-refractivity contribution >= 4 is 17.6 Å². The van der Waals surface area contributed by atoms with Gasteiger partial charge in [-0.1, -0.05) is 0 Å². The fourth-order valence-corrected chi connectivity index (χ4v) is 2.55. The molecule has 1 aliphatic rings. The monoisotopic (exact) mass is 308 g/mol. The zero-order valence-corrected chi connectivity index (χ0v) is 12.9. The molecule has 0 radical (unpaired) electrons. The van der Waals surface area contributed by atoms with Gasteiger partial charge in [-0.3, -0.25) is 9.59 Å². The Labute approximate surface area is 129 Å². The van der Waals surface area contributed by atoms with Gasteiger partial charge in [0.05, 0.1) is 19.2 Å². The summed E-state index contributed by atoms with van der Waals surface area (Å²) in [4.78, 5) is 25.2. The first-order valence-electron chi connectivity index (χ1n) is 7.43. The van der Waals surface area contributed by atoms with Crippen molar-refractivity contribution in [3.63, 3.8) is 0 Å². The van der Waals surface area contributed by atoms with E-state index in [0.717, 1.165) is 25.9 Å². The summed E-state index contributed by atoms with van der Waals surface area (Å²) in [5.41, 5.74) is 0.786. The lowest BCUT2D eigenvalue weighted by Gasteiger charge is -2.19. The molecular formula is C16H21FN2O3. The lowest BCUT2D eigenvalue weighted by atomic mass is 10.1. The number of ether oxygens (including phenoxy) is 1. The Balaban J connectivity index is 2.01. The van der Waals surface area contributed by atoms with Gasteiger partial charge in [-0.2, -0.15) is 0 Å². The first kappa shape index (κ1) is 16.3. The van der Waals surface area contributed by atoms with E-state index in [1.54, 1.807) is 19.1 Å². The fraction of sp³-hybridized carbons (Fsp3) is 0.500. The van der Waals surface area contributed by atoms with Gasteiger partial charge in [0, 0.05) is 24.7 Å². The van der Waals surface area contributed by atoms with Gasteiger partial charge in [0.1, 0.15) is 5.82 Å². The Bertz CT molecular complexity index is 556. The standard InChI is InChI=1S/C16H21FN2O3/c1-11(9-15(20)22-2)18-16(21)12-5-6-14(13(17)10-12)19-7-3-4-8-19/h5-6,10-11H,3-4,7-9H2,1-2H3,(H,18,21)/t11-/m0/s1. The van der Waals surface area contributed by atoms with Crippen molar-refractivity contribution in [1.29, 1.82) is 0 Å². The normalized spacial score (nSPS) is 15.5. The summed E-state index contributed by atoms with van der Waals surface area (Å²) in [6.07, 6.45) is 2.20. The van der Waals surface area contributed by atoms with Crippen molar-refractivity contribution < 1.29 is 18.7 Å². The highest BCUT2D eigenvalue weighted by Gasteiger charge is 2.19. The number of esters is 1. The van der Waals surface area contributed by atoms with Crippen molar-refractivity contribution in [2.24, 2.45) is 0 Å². The number of methoxy groups -OCH3 is 1. The summed E-state index contributed by atoms with van der Waals surface area (Å²) in [7, 11) is 1.29. The summed E-state index contributed by atoms with van der Waals surface area (Å²) in [5.74, 6) is -1.19. The smallest absolute Gasteiger partial charge is 0.307 e. The molecule has 1 aromatic rings. The predicted octanol–water partition coefficient (Wildman–Crippen LogP) is 2.11. The molecule has 1 N–H and O–H groups in total. The number of anilines is 1. The number of nitrogens with one attached hydrogen (secondary N) is 1. The number of rotatable bonds is 5. The summed E-state index contributed by atoms with van der Waals surface area (Å²) >= 11 is 0. The molecule has 120 valence electrons. The first-order chi connectivity index (χ1) is 10.5. The Hall–Kier alpha value is -2.11. The minimum atomic E-state index is -0.400. The molecule has 0 aromatic heterocycles. The molecule has 1 fully saturated rings. The number of amides is 1. The molecular weight excluding hydrogens is 287 g/mol. The molecule has 1 aliphatic heterocycles. The van der Waals surface area contributed by atoms with Gasteiger partial charge in [-0.15, -0.1) is 0 Å². The van der Waals surface area contributed by atoms with Crippen molar-refractivity contribution in [2.45, 2.75) is 32.2 Å². The van der Waals surface area contributed by atoms with E-state index in [9.17, 15) is 14.0 Å². The minimum Gasteiger partial charge on any atom is -0.469 e. The van der Waals surface area contributed by atoms with E-state index < -0.39 is 17.7 Å². The Kier molecular flexibility index (Phi) is 5.35. The van der Waals surface area contributed by atoms with Crippen LogP contribution < -0.4 is 10.2 Å². The van der Waals surface area contributed by atoms with Crippen LogP contribution in [0.3, 0.4) is 0 Å². The van der Waals surface area contributed by atoms with E-state index in [1.807, 2.05) is 4.90 Å². The third kappa shape index (κ3) is 3.96. The van der Waals surface area contributed by atoms with Crippen molar-refractivity contribution in [3.8, 4) is 0 Å². The second kappa shape index (κ2) is 7.24. The molecule has 1 amide bonds. The lowest BCUT2D eigenvalue weighted by Crippen LogP contribution is -2.34. The highest BCUT2D eigenvalue weighted by molar-refractivity contribution is 5.95. The van der Waals surface area contributed by atoms with E-state index in [2.05, 4.69) is 10.1 Å². The predicted molar refractivity (Wildman–Crippen MR) is 81.4 cm³/mol. The van der Waals surface area contributed by atoms with Crippen LogP contribution in [0.25, 0.3) is 0 Å². The van der Waals surface area contributed by atoms with E-state index in [0.29, 0.717) is 5.69 Å². The van der Waals surface area contributed by atoms with E-state index in [1.165, 1.54) is 13.2 Å². The zero-order valence-electron chi connectivity index (χ0n) is 12.9. The molecule has 0 aliphatic carbocycles. The third-order valence-corrected chi connectivity index (χ3v) is 3.73. The van der Waals surface area contributed by atoms with Crippen LogP contribution in [-0.4, -0.2) is 38.1 Å². The topological polar surface area (TPSA) is 58.6 Å². The Morgan fingerprint density at radius 3 is 2.64 bits per heavy atom.